The van der Waals surface area contributed by atoms with Gasteiger partial charge in [-0.15, -0.1) is 10.1 Å². The van der Waals surface area contributed by atoms with Crippen LogP contribution in [-0.4, -0.2) is 29.2 Å². The monoisotopic (exact) mass is 135 g/mol. The third-order valence-corrected chi connectivity index (χ3v) is 0.948. The first kappa shape index (κ1) is 6.24. The van der Waals surface area contributed by atoms with Crippen molar-refractivity contribution in [2.45, 2.75) is 5.79 Å². The molecule has 0 amide bonds. The average molecular weight is 135 g/mol. The van der Waals surface area contributed by atoms with Crippen molar-refractivity contribution in [1.82, 2.24) is 0 Å². The van der Waals surface area contributed by atoms with E-state index in [4.69, 9.17) is 5.11 Å². The highest BCUT2D eigenvalue weighted by molar-refractivity contribution is 4.78. The van der Waals surface area contributed by atoms with Crippen molar-refractivity contribution in [2.75, 3.05) is 13.2 Å². The first-order valence-electron chi connectivity index (χ1n) is 2.27. The molecule has 1 aliphatic rings. The molecule has 6 heteroatoms. The maximum absolute atomic E-state index is 9.61. The largest absolute Gasteiger partial charge is 0.391 e. The fourth-order valence-electron chi connectivity index (χ4n) is 0.389. The molecule has 0 aromatic rings. The normalized spacial score (nSPS) is 31.7. The van der Waals surface area contributed by atoms with Gasteiger partial charge in [-0.1, -0.05) is 0 Å². The fourth-order valence-corrected chi connectivity index (χ4v) is 0.389. The number of aliphatic hydroxyl groups excluding tert-OH is 1. The number of ether oxygens (including phenoxy) is 1. The lowest BCUT2D eigenvalue weighted by atomic mass is 10.4. The third kappa shape index (κ3) is 1.27. The van der Waals surface area contributed by atoms with E-state index in [0.717, 1.165) is 0 Å². The molecule has 0 unspecified atom stereocenters. The molecule has 1 N–H and O–H groups in total. The Balaban J connectivity index is 2.33. The van der Waals surface area contributed by atoms with Gasteiger partial charge in [0.05, 0.1) is 6.61 Å². The van der Waals surface area contributed by atoms with Crippen LogP contribution >= 0.6 is 0 Å². The van der Waals surface area contributed by atoms with E-state index in [1.807, 2.05) is 0 Å². The van der Waals surface area contributed by atoms with E-state index in [2.05, 4.69) is 9.57 Å². The molecule has 0 spiro atoms. The Morgan fingerprint density at radius 2 is 2.56 bits per heavy atom. The number of hydrogen-bond acceptors (Lipinski definition) is 5. The lowest BCUT2D eigenvalue weighted by Gasteiger charge is -2.02. The molecular weight excluding hydrogens is 130 g/mol. The van der Waals surface area contributed by atoms with Crippen LogP contribution in [0.4, 0.5) is 0 Å². The lowest BCUT2D eigenvalue weighted by molar-refractivity contribution is -0.779. The second kappa shape index (κ2) is 1.82. The number of epoxide rings is 1. The topological polar surface area (TPSA) is 85.1 Å². The van der Waals surface area contributed by atoms with Crippen molar-refractivity contribution in [1.29, 1.82) is 0 Å². The van der Waals surface area contributed by atoms with Gasteiger partial charge in [-0.05, 0) is 0 Å². The van der Waals surface area contributed by atoms with Crippen molar-refractivity contribution >= 4 is 0 Å². The minimum Gasteiger partial charge on any atom is -0.391 e. The summed E-state index contributed by atoms with van der Waals surface area (Å²) in [7, 11) is 0. The van der Waals surface area contributed by atoms with Crippen LogP contribution in [0.5, 0.6) is 0 Å². The Bertz CT molecular complexity index is 130. The van der Waals surface area contributed by atoms with Crippen LogP contribution in [0.3, 0.4) is 0 Å². The van der Waals surface area contributed by atoms with E-state index in [1.54, 1.807) is 0 Å². The van der Waals surface area contributed by atoms with Crippen molar-refractivity contribution in [3.05, 3.63) is 10.1 Å². The molecule has 1 saturated heterocycles. The third-order valence-electron chi connectivity index (χ3n) is 0.948. The predicted octanol–water partition coefficient (Wildman–Crippen LogP) is -1.09. The number of nitrogens with zero attached hydrogens (tertiary/aromatic N) is 1. The van der Waals surface area contributed by atoms with Crippen LogP contribution < -0.4 is 0 Å². The molecule has 1 fully saturated rings. The van der Waals surface area contributed by atoms with E-state index in [9.17, 15) is 10.1 Å². The van der Waals surface area contributed by atoms with Gasteiger partial charge in [0.15, 0.2) is 0 Å². The molecule has 9 heavy (non-hydrogen) atoms. The Labute approximate surface area is 50.1 Å². The molecule has 0 saturated carbocycles. The van der Waals surface area contributed by atoms with Crippen LogP contribution in [0.15, 0.2) is 0 Å². The summed E-state index contributed by atoms with van der Waals surface area (Å²) >= 11 is 0. The summed E-state index contributed by atoms with van der Waals surface area (Å²) in [6.07, 6.45) is 0. The Morgan fingerprint density at radius 3 is 2.67 bits per heavy atom. The molecule has 1 atom stereocenters. The van der Waals surface area contributed by atoms with Gasteiger partial charge in [0.2, 0.25) is 0 Å². The average Bonchev–Trinajstić information content (AvgIpc) is 2.48. The van der Waals surface area contributed by atoms with Gasteiger partial charge in [-0.25, -0.2) is 0 Å². The summed E-state index contributed by atoms with van der Waals surface area (Å²) in [5.74, 6) is -1.33. The standard InChI is InChI=1S/C3H5NO5/c5-1-3(2-8-3)9-4(6)7/h5H,1-2H2/t3-/m0/s1. The Hall–Kier alpha value is -0.880. The van der Waals surface area contributed by atoms with Crippen LogP contribution in [0.1, 0.15) is 0 Å². The highest BCUT2D eigenvalue weighted by Crippen LogP contribution is 2.26. The van der Waals surface area contributed by atoms with Crippen LogP contribution in [0.2, 0.25) is 0 Å². The van der Waals surface area contributed by atoms with Crippen molar-refractivity contribution in [3.8, 4) is 0 Å². The second-order valence-electron chi connectivity index (χ2n) is 1.67. The number of hydrogen-bond donors (Lipinski definition) is 1. The molecular formula is C3H5NO5. The van der Waals surface area contributed by atoms with Crippen LogP contribution in [0, 0.1) is 10.1 Å². The van der Waals surface area contributed by atoms with Gasteiger partial charge in [0.1, 0.15) is 6.61 Å². The molecule has 6 nitrogen and oxygen atoms in total. The highest BCUT2D eigenvalue weighted by Gasteiger charge is 2.49. The Kier molecular flexibility index (Phi) is 1.26. The lowest BCUT2D eigenvalue weighted by Crippen LogP contribution is -2.24. The van der Waals surface area contributed by atoms with E-state index in [1.165, 1.54) is 0 Å². The van der Waals surface area contributed by atoms with Crippen LogP contribution in [0.25, 0.3) is 0 Å². The minimum atomic E-state index is -1.33. The molecule has 0 radical (unpaired) electrons. The first-order chi connectivity index (χ1) is 4.18. The summed E-state index contributed by atoms with van der Waals surface area (Å²) in [6.45, 7) is -0.390. The van der Waals surface area contributed by atoms with Gasteiger partial charge in [-0.2, -0.15) is 0 Å². The van der Waals surface area contributed by atoms with E-state index < -0.39 is 17.5 Å². The molecule has 0 aromatic carbocycles. The van der Waals surface area contributed by atoms with Crippen molar-refractivity contribution in [3.63, 3.8) is 0 Å². The predicted molar refractivity (Wildman–Crippen MR) is 23.8 cm³/mol. The molecule has 0 bridgehead atoms. The van der Waals surface area contributed by atoms with E-state index in [-0.39, 0.29) is 6.61 Å². The summed E-state index contributed by atoms with van der Waals surface area (Å²) in [4.78, 5) is 13.6. The van der Waals surface area contributed by atoms with Crippen LogP contribution in [-0.2, 0) is 9.57 Å². The zero-order chi connectivity index (χ0) is 6.91. The van der Waals surface area contributed by atoms with Gasteiger partial charge in [0, 0.05) is 0 Å². The molecule has 0 aliphatic carbocycles. The van der Waals surface area contributed by atoms with Gasteiger partial charge in [-0.3, -0.25) is 4.84 Å². The molecule has 0 aromatic heterocycles. The smallest absolute Gasteiger partial charge is 0.297 e. The first-order valence-corrected chi connectivity index (χ1v) is 2.27. The molecule has 1 heterocycles. The zero-order valence-corrected chi connectivity index (χ0v) is 4.44. The van der Waals surface area contributed by atoms with Gasteiger partial charge >= 0.3 is 0 Å². The van der Waals surface area contributed by atoms with Gasteiger partial charge < -0.3 is 9.84 Å². The summed E-state index contributed by atoms with van der Waals surface area (Å²) in [5, 5.41) is 17.0. The molecule has 1 aliphatic heterocycles. The summed E-state index contributed by atoms with van der Waals surface area (Å²) < 4.78 is 4.44. The summed E-state index contributed by atoms with van der Waals surface area (Å²) in [6, 6.07) is 0. The SMILES string of the molecule is O=[N+]([O-])O[C@@]1(CO)CO1. The minimum absolute atomic E-state index is 0.0878. The van der Waals surface area contributed by atoms with Crippen molar-refractivity contribution < 1.29 is 19.8 Å². The van der Waals surface area contributed by atoms with E-state index in [0.29, 0.717) is 0 Å². The maximum Gasteiger partial charge on any atom is 0.297 e. The fraction of sp³-hybridized carbons (Fsp3) is 1.00. The molecule has 52 valence electrons. The van der Waals surface area contributed by atoms with E-state index >= 15 is 0 Å². The summed E-state index contributed by atoms with van der Waals surface area (Å²) in [5.41, 5.74) is 0. The quantitative estimate of drug-likeness (QED) is 0.302. The molecule has 1 rings (SSSR count). The van der Waals surface area contributed by atoms with Gasteiger partial charge in [0.25, 0.3) is 10.9 Å². The second-order valence-corrected chi connectivity index (χ2v) is 1.67. The number of rotatable bonds is 3. The maximum atomic E-state index is 9.61. The number of aliphatic hydroxyl groups is 1. The highest BCUT2D eigenvalue weighted by atomic mass is 17.0. The zero-order valence-electron chi connectivity index (χ0n) is 4.44. The Morgan fingerprint density at radius 1 is 2.00 bits per heavy atom. The van der Waals surface area contributed by atoms with Crippen molar-refractivity contribution in [2.24, 2.45) is 0 Å².